The Morgan fingerprint density at radius 3 is 2.56 bits per heavy atom. The van der Waals surface area contributed by atoms with Crippen LogP contribution in [0.5, 0.6) is 0 Å². The van der Waals surface area contributed by atoms with E-state index in [9.17, 15) is 4.39 Å². The first kappa shape index (κ1) is 10.3. The van der Waals surface area contributed by atoms with Crippen LogP contribution in [-0.4, -0.2) is 0 Å². The van der Waals surface area contributed by atoms with Gasteiger partial charge in [-0.15, -0.1) is 0 Å². The Kier molecular flexibility index (Phi) is 2.28. The van der Waals surface area contributed by atoms with Crippen LogP contribution in [0, 0.1) is 5.82 Å². The van der Waals surface area contributed by atoms with Gasteiger partial charge in [0.25, 0.3) is 0 Å². The molecule has 0 atom stereocenters. The van der Waals surface area contributed by atoms with Crippen molar-refractivity contribution in [2.45, 2.75) is 50.5 Å². The van der Waals surface area contributed by atoms with Crippen LogP contribution in [0.4, 0.5) is 4.39 Å². The highest BCUT2D eigenvalue weighted by molar-refractivity contribution is 5.40. The minimum absolute atomic E-state index is 0.000556. The minimum Gasteiger partial charge on any atom is -0.321 e. The van der Waals surface area contributed by atoms with Crippen LogP contribution in [0.1, 0.15) is 48.8 Å². The van der Waals surface area contributed by atoms with E-state index in [1.165, 1.54) is 5.56 Å². The van der Waals surface area contributed by atoms with Crippen LogP contribution >= 0.6 is 0 Å². The molecular formula is C14H18FN. The molecule has 86 valence electrons. The molecule has 0 aromatic heterocycles. The van der Waals surface area contributed by atoms with Crippen molar-refractivity contribution in [3.05, 3.63) is 34.6 Å². The lowest BCUT2D eigenvalue weighted by Crippen LogP contribution is -2.34. The maximum atomic E-state index is 14.4. The monoisotopic (exact) mass is 219 g/mol. The van der Waals surface area contributed by atoms with Crippen LogP contribution in [0.15, 0.2) is 12.1 Å². The van der Waals surface area contributed by atoms with Gasteiger partial charge in [-0.1, -0.05) is 25.0 Å². The number of benzene rings is 1. The lowest BCUT2D eigenvalue weighted by molar-refractivity contribution is 0.431. The average molecular weight is 219 g/mol. The van der Waals surface area contributed by atoms with Gasteiger partial charge < -0.3 is 5.73 Å². The van der Waals surface area contributed by atoms with Crippen molar-refractivity contribution < 1.29 is 4.39 Å². The van der Waals surface area contributed by atoms with Crippen molar-refractivity contribution in [3.8, 4) is 0 Å². The number of rotatable bonds is 1. The molecule has 1 aromatic carbocycles. The fourth-order valence-corrected chi connectivity index (χ4v) is 3.28. The molecule has 0 radical (unpaired) electrons. The molecule has 2 heteroatoms. The van der Waals surface area contributed by atoms with Crippen molar-refractivity contribution in [2.24, 2.45) is 5.73 Å². The predicted molar refractivity (Wildman–Crippen MR) is 62.8 cm³/mol. The molecule has 0 unspecified atom stereocenters. The summed E-state index contributed by atoms with van der Waals surface area (Å²) < 4.78 is 14.4. The molecule has 3 rings (SSSR count). The van der Waals surface area contributed by atoms with Gasteiger partial charge in [-0.3, -0.25) is 0 Å². The normalized spacial score (nSPS) is 22.4. The summed E-state index contributed by atoms with van der Waals surface area (Å²) in [5, 5.41) is 0. The lowest BCUT2D eigenvalue weighted by Gasteiger charge is -2.25. The molecule has 0 bridgehead atoms. The van der Waals surface area contributed by atoms with Crippen molar-refractivity contribution >= 4 is 0 Å². The number of nitrogens with two attached hydrogens (primary N) is 1. The van der Waals surface area contributed by atoms with E-state index in [2.05, 4.69) is 6.07 Å². The summed E-state index contributed by atoms with van der Waals surface area (Å²) in [6.07, 6.45) is 7.15. The van der Waals surface area contributed by atoms with Gasteiger partial charge in [0.2, 0.25) is 0 Å². The summed E-state index contributed by atoms with van der Waals surface area (Å²) in [7, 11) is 0. The SMILES string of the molecule is NC1(c2ccc3c(c2F)CCC3)CCCC1. The Labute approximate surface area is 95.8 Å². The van der Waals surface area contributed by atoms with Crippen LogP contribution in [-0.2, 0) is 18.4 Å². The van der Waals surface area contributed by atoms with Crippen LogP contribution in [0.2, 0.25) is 0 Å². The second-order valence-electron chi connectivity index (χ2n) is 5.28. The van der Waals surface area contributed by atoms with E-state index < -0.39 is 0 Å². The first-order valence-corrected chi connectivity index (χ1v) is 6.30. The standard InChI is InChI=1S/C14H18FN/c15-13-11-5-3-4-10(11)6-7-12(13)14(16)8-1-2-9-14/h6-7H,1-5,8-9,16H2. The number of hydrogen-bond donors (Lipinski definition) is 1. The summed E-state index contributed by atoms with van der Waals surface area (Å²) in [5.41, 5.74) is 8.85. The predicted octanol–water partition coefficient (Wildman–Crippen LogP) is 3.04. The van der Waals surface area contributed by atoms with Crippen molar-refractivity contribution in [3.63, 3.8) is 0 Å². The highest BCUT2D eigenvalue weighted by Crippen LogP contribution is 2.39. The van der Waals surface area contributed by atoms with E-state index in [0.29, 0.717) is 0 Å². The van der Waals surface area contributed by atoms with Gasteiger partial charge >= 0.3 is 0 Å². The smallest absolute Gasteiger partial charge is 0.131 e. The quantitative estimate of drug-likeness (QED) is 0.772. The van der Waals surface area contributed by atoms with Gasteiger partial charge in [0.15, 0.2) is 0 Å². The lowest BCUT2D eigenvalue weighted by atomic mass is 9.87. The zero-order valence-corrected chi connectivity index (χ0v) is 9.56. The Bertz CT molecular complexity index is 419. The second-order valence-corrected chi connectivity index (χ2v) is 5.28. The summed E-state index contributed by atoms with van der Waals surface area (Å²) in [6.45, 7) is 0. The van der Waals surface area contributed by atoms with Crippen LogP contribution in [0.3, 0.4) is 0 Å². The van der Waals surface area contributed by atoms with Gasteiger partial charge in [0.1, 0.15) is 5.82 Å². The molecular weight excluding hydrogens is 201 g/mol. The highest BCUT2D eigenvalue weighted by atomic mass is 19.1. The fraction of sp³-hybridized carbons (Fsp3) is 0.571. The summed E-state index contributed by atoms with van der Waals surface area (Å²) in [5.74, 6) is -0.000556. The second kappa shape index (κ2) is 3.56. The number of aryl methyl sites for hydroxylation is 1. The summed E-state index contributed by atoms with van der Waals surface area (Å²) in [6, 6.07) is 4.03. The molecule has 1 aromatic rings. The summed E-state index contributed by atoms with van der Waals surface area (Å²) >= 11 is 0. The average Bonchev–Trinajstić information content (AvgIpc) is 2.87. The largest absolute Gasteiger partial charge is 0.321 e. The maximum absolute atomic E-state index is 14.4. The molecule has 1 saturated carbocycles. The molecule has 0 saturated heterocycles. The minimum atomic E-state index is -0.387. The number of hydrogen-bond acceptors (Lipinski definition) is 1. The maximum Gasteiger partial charge on any atom is 0.131 e. The number of halogens is 1. The topological polar surface area (TPSA) is 26.0 Å². The molecule has 2 N–H and O–H groups in total. The Balaban J connectivity index is 2.08. The molecule has 16 heavy (non-hydrogen) atoms. The van der Waals surface area contributed by atoms with Gasteiger partial charge in [0.05, 0.1) is 0 Å². The molecule has 0 spiro atoms. The molecule has 2 aliphatic carbocycles. The van der Waals surface area contributed by atoms with E-state index >= 15 is 0 Å². The molecule has 0 aliphatic heterocycles. The third kappa shape index (κ3) is 1.40. The Hall–Kier alpha value is -0.890. The third-order valence-corrected chi connectivity index (χ3v) is 4.25. The van der Waals surface area contributed by atoms with E-state index in [1.54, 1.807) is 0 Å². The molecule has 0 heterocycles. The molecule has 1 fully saturated rings. The molecule has 0 amide bonds. The van der Waals surface area contributed by atoms with Gasteiger partial charge in [-0.25, -0.2) is 4.39 Å². The van der Waals surface area contributed by atoms with E-state index in [0.717, 1.165) is 56.1 Å². The van der Waals surface area contributed by atoms with E-state index in [4.69, 9.17) is 5.73 Å². The summed E-state index contributed by atoms with van der Waals surface area (Å²) in [4.78, 5) is 0. The van der Waals surface area contributed by atoms with Crippen molar-refractivity contribution in [2.75, 3.05) is 0 Å². The first-order chi connectivity index (χ1) is 7.71. The van der Waals surface area contributed by atoms with Crippen molar-refractivity contribution in [1.82, 2.24) is 0 Å². The Morgan fingerprint density at radius 2 is 1.81 bits per heavy atom. The molecule has 2 aliphatic rings. The van der Waals surface area contributed by atoms with Crippen LogP contribution in [0.25, 0.3) is 0 Å². The Morgan fingerprint density at radius 1 is 1.06 bits per heavy atom. The van der Waals surface area contributed by atoms with E-state index in [1.807, 2.05) is 6.07 Å². The first-order valence-electron chi connectivity index (χ1n) is 6.30. The fourth-order valence-electron chi connectivity index (χ4n) is 3.28. The van der Waals surface area contributed by atoms with Crippen molar-refractivity contribution in [1.29, 1.82) is 0 Å². The van der Waals surface area contributed by atoms with Crippen LogP contribution < -0.4 is 5.73 Å². The van der Waals surface area contributed by atoms with Gasteiger partial charge in [-0.2, -0.15) is 0 Å². The zero-order valence-electron chi connectivity index (χ0n) is 9.56. The zero-order chi connectivity index (χ0) is 11.2. The van der Waals surface area contributed by atoms with Gasteiger partial charge in [0, 0.05) is 11.1 Å². The van der Waals surface area contributed by atoms with Gasteiger partial charge in [-0.05, 0) is 43.2 Å². The highest BCUT2D eigenvalue weighted by Gasteiger charge is 2.35. The third-order valence-electron chi connectivity index (χ3n) is 4.25. The molecule has 1 nitrogen and oxygen atoms in total. The van der Waals surface area contributed by atoms with E-state index in [-0.39, 0.29) is 11.4 Å². The number of fused-ring (bicyclic) bond motifs is 1.